The number of thiocarbonyl (C=S) groups is 1. The van der Waals surface area contributed by atoms with E-state index in [1.807, 2.05) is 0 Å². The summed E-state index contributed by atoms with van der Waals surface area (Å²) >= 11 is 4.74. The predicted octanol–water partition coefficient (Wildman–Crippen LogP) is 0.411. The van der Waals surface area contributed by atoms with Crippen LogP contribution in [0.4, 0.5) is 0 Å². The highest BCUT2D eigenvalue weighted by atomic mass is 32.2. The molecule has 0 amide bonds. The molecule has 1 aromatic carbocycles. The SMILES string of the molecule is CC(NS(=O)(=O)c1ccc2c(c1)OCCO2)C(N)=S. The molecule has 2 rings (SSSR count). The van der Waals surface area contributed by atoms with E-state index in [0.717, 1.165) is 0 Å². The van der Waals surface area contributed by atoms with Crippen LogP contribution in [-0.4, -0.2) is 32.7 Å². The number of nitrogens with one attached hydrogen (secondary N) is 1. The van der Waals surface area contributed by atoms with E-state index in [2.05, 4.69) is 4.72 Å². The standard InChI is InChI=1S/C11H14N2O4S2/c1-7(11(12)18)13-19(14,15)8-2-3-9-10(6-8)17-5-4-16-9/h2-3,6-7,13H,4-5H2,1H3,(H2,12,18). The monoisotopic (exact) mass is 302 g/mol. The van der Waals surface area contributed by atoms with E-state index in [1.165, 1.54) is 12.1 Å². The summed E-state index contributed by atoms with van der Waals surface area (Å²) in [5.74, 6) is 0.949. The second-order valence-electron chi connectivity index (χ2n) is 4.05. The lowest BCUT2D eigenvalue weighted by Crippen LogP contribution is -2.41. The summed E-state index contributed by atoms with van der Waals surface area (Å²) in [4.78, 5) is 0.168. The molecular weight excluding hydrogens is 288 g/mol. The fourth-order valence-electron chi connectivity index (χ4n) is 1.55. The van der Waals surface area contributed by atoms with Crippen molar-refractivity contribution in [2.45, 2.75) is 17.9 Å². The third-order valence-corrected chi connectivity index (χ3v) is 4.47. The normalized spacial score (nSPS) is 15.8. The Hall–Kier alpha value is -1.38. The number of fused-ring (bicyclic) bond motifs is 1. The van der Waals surface area contributed by atoms with Crippen molar-refractivity contribution in [2.24, 2.45) is 5.73 Å². The first-order chi connectivity index (χ1) is 8.90. The van der Waals surface area contributed by atoms with Crippen LogP contribution in [0.25, 0.3) is 0 Å². The van der Waals surface area contributed by atoms with E-state index < -0.39 is 16.1 Å². The Kier molecular flexibility index (Phi) is 3.93. The Labute approximate surface area is 116 Å². The Morgan fingerprint density at radius 2 is 2.00 bits per heavy atom. The lowest BCUT2D eigenvalue weighted by molar-refractivity contribution is 0.171. The molecule has 104 valence electrons. The Balaban J connectivity index is 2.28. The van der Waals surface area contributed by atoms with E-state index in [0.29, 0.717) is 24.7 Å². The molecule has 1 aliphatic rings. The molecule has 19 heavy (non-hydrogen) atoms. The molecule has 0 saturated carbocycles. The van der Waals surface area contributed by atoms with Crippen molar-refractivity contribution in [3.05, 3.63) is 18.2 Å². The van der Waals surface area contributed by atoms with E-state index >= 15 is 0 Å². The molecule has 0 fully saturated rings. The van der Waals surface area contributed by atoms with Crippen molar-refractivity contribution in [1.82, 2.24) is 4.72 Å². The molecule has 3 N–H and O–H groups in total. The highest BCUT2D eigenvalue weighted by molar-refractivity contribution is 7.89. The van der Waals surface area contributed by atoms with Gasteiger partial charge in [-0.25, -0.2) is 13.1 Å². The van der Waals surface area contributed by atoms with Crippen LogP contribution in [0.15, 0.2) is 23.1 Å². The van der Waals surface area contributed by atoms with Crippen LogP contribution in [0.2, 0.25) is 0 Å². The van der Waals surface area contributed by atoms with Gasteiger partial charge in [-0.1, -0.05) is 12.2 Å². The third kappa shape index (κ3) is 3.14. The number of rotatable bonds is 4. The molecule has 0 radical (unpaired) electrons. The van der Waals surface area contributed by atoms with Crippen molar-refractivity contribution in [2.75, 3.05) is 13.2 Å². The van der Waals surface area contributed by atoms with Crippen LogP contribution >= 0.6 is 12.2 Å². The fraction of sp³-hybridized carbons (Fsp3) is 0.364. The zero-order valence-corrected chi connectivity index (χ0v) is 11.9. The number of sulfonamides is 1. The Morgan fingerprint density at radius 3 is 2.63 bits per heavy atom. The summed E-state index contributed by atoms with van der Waals surface area (Å²) in [5.41, 5.74) is 5.39. The first kappa shape index (κ1) is 14.0. The van der Waals surface area contributed by atoms with E-state index in [-0.39, 0.29) is 9.88 Å². The van der Waals surface area contributed by atoms with E-state index in [9.17, 15) is 8.42 Å². The Bertz CT molecular complexity index is 601. The smallest absolute Gasteiger partial charge is 0.241 e. The zero-order chi connectivity index (χ0) is 14.0. The minimum absolute atomic E-state index is 0.0832. The fourth-order valence-corrected chi connectivity index (χ4v) is 2.92. The predicted molar refractivity (Wildman–Crippen MR) is 74.0 cm³/mol. The van der Waals surface area contributed by atoms with Crippen LogP contribution in [0.1, 0.15) is 6.92 Å². The molecular formula is C11H14N2O4S2. The van der Waals surface area contributed by atoms with Gasteiger partial charge in [0.25, 0.3) is 0 Å². The minimum atomic E-state index is -3.69. The molecule has 6 nitrogen and oxygen atoms in total. The quantitative estimate of drug-likeness (QED) is 0.783. The van der Waals surface area contributed by atoms with Gasteiger partial charge in [-0.05, 0) is 19.1 Å². The number of nitrogens with two attached hydrogens (primary N) is 1. The van der Waals surface area contributed by atoms with Crippen LogP contribution in [0.5, 0.6) is 11.5 Å². The topological polar surface area (TPSA) is 90.7 Å². The molecule has 0 bridgehead atoms. The molecule has 0 aromatic heterocycles. The molecule has 1 atom stereocenters. The molecule has 1 aliphatic heterocycles. The number of ether oxygens (including phenoxy) is 2. The van der Waals surface area contributed by atoms with Crippen molar-refractivity contribution in [3.8, 4) is 11.5 Å². The number of hydrogen-bond donors (Lipinski definition) is 2. The number of benzene rings is 1. The molecule has 0 aliphatic carbocycles. The van der Waals surface area contributed by atoms with Gasteiger partial charge in [0.05, 0.1) is 15.9 Å². The summed E-state index contributed by atoms with van der Waals surface area (Å²) in [6.07, 6.45) is 0. The van der Waals surface area contributed by atoms with Gasteiger partial charge >= 0.3 is 0 Å². The van der Waals surface area contributed by atoms with Gasteiger partial charge in [-0.3, -0.25) is 0 Å². The molecule has 1 unspecified atom stereocenters. The van der Waals surface area contributed by atoms with Gasteiger partial charge in [-0.15, -0.1) is 0 Å². The third-order valence-electron chi connectivity index (χ3n) is 2.58. The molecule has 0 saturated heterocycles. The van der Waals surface area contributed by atoms with Crippen LogP contribution in [0, 0.1) is 0 Å². The Morgan fingerprint density at radius 1 is 1.37 bits per heavy atom. The van der Waals surface area contributed by atoms with Crippen LogP contribution < -0.4 is 19.9 Å². The summed E-state index contributed by atoms with van der Waals surface area (Å²) in [5, 5.41) is 0. The molecule has 1 heterocycles. The van der Waals surface area contributed by atoms with Crippen LogP contribution in [-0.2, 0) is 10.0 Å². The first-order valence-corrected chi connectivity index (χ1v) is 7.50. The van der Waals surface area contributed by atoms with Gasteiger partial charge in [0.2, 0.25) is 10.0 Å². The minimum Gasteiger partial charge on any atom is -0.486 e. The summed E-state index contributed by atoms with van der Waals surface area (Å²) in [6, 6.07) is 3.81. The van der Waals surface area contributed by atoms with E-state index in [4.69, 9.17) is 27.4 Å². The van der Waals surface area contributed by atoms with Crippen molar-refractivity contribution in [3.63, 3.8) is 0 Å². The van der Waals surface area contributed by atoms with Gasteiger partial charge in [-0.2, -0.15) is 0 Å². The van der Waals surface area contributed by atoms with Gasteiger partial charge in [0.1, 0.15) is 13.2 Å². The summed E-state index contributed by atoms with van der Waals surface area (Å²) in [7, 11) is -3.69. The van der Waals surface area contributed by atoms with Crippen molar-refractivity contribution >= 4 is 27.2 Å². The lowest BCUT2D eigenvalue weighted by atomic mass is 10.3. The lowest BCUT2D eigenvalue weighted by Gasteiger charge is -2.19. The maximum atomic E-state index is 12.1. The van der Waals surface area contributed by atoms with Gasteiger partial charge in [0, 0.05) is 6.07 Å². The zero-order valence-electron chi connectivity index (χ0n) is 10.3. The largest absolute Gasteiger partial charge is 0.486 e. The molecule has 8 heteroatoms. The van der Waals surface area contributed by atoms with E-state index in [1.54, 1.807) is 13.0 Å². The highest BCUT2D eigenvalue weighted by Gasteiger charge is 2.21. The molecule has 1 aromatic rings. The second kappa shape index (κ2) is 5.32. The number of hydrogen-bond acceptors (Lipinski definition) is 5. The molecule has 0 spiro atoms. The highest BCUT2D eigenvalue weighted by Crippen LogP contribution is 2.32. The first-order valence-electron chi connectivity index (χ1n) is 5.61. The maximum Gasteiger partial charge on any atom is 0.241 e. The van der Waals surface area contributed by atoms with Gasteiger partial charge < -0.3 is 15.2 Å². The second-order valence-corrected chi connectivity index (χ2v) is 6.24. The van der Waals surface area contributed by atoms with Gasteiger partial charge in [0.15, 0.2) is 11.5 Å². The van der Waals surface area contributed by atoms with Crippen molar-refractivity contribution in [1.29, 1.82) is 0 Å². The average molecular weight is 302 g/mol. The average Bonchev–Trinajstić information content (AvgIpc) is 2.37. The summed E-state index contributed by atoms with van der Waals surface area (Å²) in [6.45, 7) is 2.43. The maximum absolute atomic E-state index is 12.1. The van der Waals surface area contributed by atoms with Crippen molar-refractivity contribution < 1.29 is 17.9 Å². The summed E-state index contributed by atoms with van der Waals surface area (Å²) < 4.78 is 37.3. The van der Waals surface area contributed by atoms with Crippen LogP contribution in [0.3, 0.4) is 0 Å².